The monoisotopic (exact) mass is 274 g/mol. The van der Waals surface area contributed by atoms with Gasteiger partial charge in [0.25, 0.3) is 0 Å². The predicted molar refractivity (Wildman–Crippen MR) is 72.0 cm³/mol. The Bertz CT molecular complexity index is 335. The van der Waals surface area contributed by atoms with Crippen LogP contribution >= 0.6 is 0 Å². The van der Waals surface area contributed by atoms with Crippen molar-refractivity contribution in [2.24, 2.45) is 22.7 Å². The fourth-order valence-electron chi connectivity index (χ4n) is 2.55. The fourth-order valence-corrected chi connectivity index (χ4v) is 2.55. The lowest BCUT2D eigenvalue weighted by Gasteiger charge is -2.40. The molecule has 0 amide bonds. The van der Waals surface area contributed by atoms with Gasteiger partial charge in [0.1, 0.15) is 0 Å². The van der Waals surface area contributed by atoms with Crippen molar-refractivity contribution < 1.29 is 24.5 Å². The minimum absolute atomic E-state index is 0.462. The normalized spacial score (nSPS) is 17.6. The molecule has 3 unspecified atom stereocenters. The van der Waals surface area contributed by atoms with Crippen molar-refractivity contribution in [2.45, 2.75) is 47.6 Å². The number of carboxylic acid groups (broad SMARTS) is 2. The van der Waals surface area contributed by atoms with Gasteiger partial charge in [-0.25, -0.2) is 0 Å². The number of ether oxygens (including phenoxy) is 1. The van der Waals surface area contributed by atoms with Crippen LogP contribution in [0.15, 0.2) is 0 Å². The average molecular weight is 274 g/mol. The lowest BCUT2D eigenvalue weighted by atomic mass is 9.67. The summed E-state index contributed by atoms with van der Waals surface area (Å²) < 4.78 is 5.32. The maximum Gasteiger partial charge on any atom is 0.310 e. The molecule has 0 aliphatic rings. The topological polar surface area (TPSA) is 83.8 Å². The van der Waals surface area contributed by atoms with Gasteiger partial charge < -0.3 is 14.9 Å². The van der Waals surface area contributed by atoms with Gasteiger partial charge in [-0.2, -0.15) is 0 Å². The molecule has 3 atom stereocenters. The Balaban J connectivity index is 5.76. The summed E-state index contributed by atoms with van der Waals surface area (Å²) >= 11 is 0. The second-order valence-electron chi connectivity index (χ2n) is 7.07. The molecule has 19 heavy (non-hydrogen) atoms. The van der Waals surface area contributed by atoms with E-state index in [4.69, 9.17) is 4.74 Å². The van der Waals surface area contributed by atoms with Gasteiger partial charge in [0, 0.05) is 7.11 Å². The standard InChI is InChI=1S/C14H26O5/c1-13(2,3)9(12(17)18)8(11(15)16)10(19-7)14(4,5)6/h8-10H,1-7H3,(H,15,16)(H,17,18). The van der Waals surface area contributed by atoms with Gasteiger partial charge in [0.2, 0.25) is 0 Å². The van der Waals surface area contributed by atoms with E-state index in [0.29, 0.717) is 0 Å². The Morgan fingerprint density at radius 1 is 0.895 bits per heavy atom. The first-order valence-corrected chi connectivity index (χ1v) is 6.32. The highest BCUT2D eigenvalue weighted by atomic mass is 16.5. The Morgan fingerprint density at radius 2 is 1.32 bits per heavy atom. The van der Waals surface area contributed by atoms with E-state index in [1.165, 1.54) is 7.11 Å². The van der Waals surface area contributed by atoms with E-state index in [1.807, 2.05) is 20.8 Å². The third-order valence-corrected chi connectivity index (χ3v) is 3.28. The van der Waals surface area contributed by atoms with E-state index >= 15 is 0 Å². The number of methoxy groups -OCH3 is 1. The molecule has 0 spiro atoms. The maximum absolute atomic E-state index is 11.6. The van der Waals surface area contributed by atoms with Crippen LogP contribution in [-0.4, -0.2) is 35.4 Å². The molecule has 0 aliphatic heterocycles. The number of aliphatic carboxylic acids is 2. The van der Waals surface area contributed by atoms with Crippen molar-refractivity contribution in [3.63, 3.8) is 0 Å². The highest BCUT2D eigenvalue weighted by Crippen LogP contribution is 2.40. The first-order chi connectivity index (χ1) is 8.34. The number of hydrogen-bond donors (Lipinski definition) is 2. The summed E-state index contributed by atoms with van der Waals surface area (Å²) in [6.07, 6.45) is -0.676. The largest absolute Gasteiger partial charge is 0.481 e. The van der Waals surface area contributed by atoms with Crippen LogP contribution in [0.25, 0.3) is 0 Å². The van der Waals surface area contributed by atoms with Crippen LogP contribution in [0, 0.1) is 22.7 Å². The van der Waals surface area contributed by atoms with Gasteiger partial charge in [0.05, 0.1) is 17.9 Å². The predicted octanol–water partition coefficient (Wildman–Crippen LogP) is 2.50. The third-order valence-electron chi connectivity index (χ3n) is 3.28. The molecule has 0 saturated carbocycles. The zero-order valence-electron chi connectivity index (χ0n) is 12.9. The minimum atomic E-state index is -1.14. The Hall–Kier alpha value is -1.10. The van der Waals surface area contributed by atoms with Crippen LogP contribution in [-0.2, 0) is 14.3 Å². The Labute approximate surface area is 115 Å². The summed E-state index contributed by atoms with van der Waals surface area (Å²) in [7, 11) is 1.42. The van der Waals surface area contributed by atoms with Crippen molar-refractivity contribution in [1.82, 2.24) is 0 Å². The van der Waals surface area contributed by atoms with Crippen molar-refractivity contribution >= 4 is 11.9 Å². The molecule has 0 fully saturated rings. The number of carbonyl (C=O) groups is 2. The number of rotatable bonds is 5. The molecule has 0 aromatic heterocycles. The van der Waals surface area contributed by atoms with E-state index < -0.39 is 40.7 Å². The second-order valence-corrected chi connectivity index (χ2v) is 7.07. The molecule has 0 rings (SSSR count). The van der Waals surface area contributed by atoms with E-state index in [0.717, 1.165) is 0 Å². The van der Waals surface area contributed by atoms with Crippen LogP contribution in [0.3, 0.4) is 0 Å². The van der Waals surface area contributed by atoms with Crippen LogP contribution in [0.4, 0.5) is 0 Å². The maximum atomic E-state index is 11.6. The summed E-state index contributed by atoms with van der Waals surface area (Å²) in [4.78, 5) is 23.1. The van der Waals surface area contributed by atoms with Crippen LogP contribution in [0.2, 0.25) is 0 Å². The lowest BCUT2D eigenvalue weighted by molar-refractivity contribution is -0.170. The third kappa shape index (κ3) is 4.49. The molecule has 2 N–H and O–H groups in total. The van der Waals surface area contributed by atoms with Gasteiger partial charge in [-0.3, -0.25) is 9.59 Å². The smallest absolute Gasteiger partial charge is 0.310 e. The summed E-state index contributed by atoms with van der Waals surface area (Å²) in [5.41, 5.74) is -1.13. The molecule has 0 radical (unpaired) electrons. The molecular weight excluding hydrogens is 248 g/mol. The van der Waals surface area contributed by atoms with Gasteiger partial charge >= 0.3 is 11.9 Å². The lowest BCUT2D eigenvalue weighted by Crippen LogP contribution is -2.49. The molecule has 112 valence electrons. The van der Waals surface area contributed by atoms with E-state index in [-0.39, 0.29) is 0 Å². The van der Waals surface area contributed by atoms with Gasteiger partial charge in [-0.1, -0.05) is 41.5 Å². The van der Waals surface area contributed by atoms with Crippen molar-refractivity contribution in [3.05, 3.63) is 0 Å². The van der Waals surface area contributed by atoms with Crippen LogP contribution < -0.4 is 0 Å². The molecule has 0 aromatic rings. The Kier molecular flexibility index (Phi) is 5.56. The average Bonchev–Trinajstić information content (AvgIpc) is 2.11. The molecular formula is C14H26O5. The molecule has 0 bridgehead atoms. The number of carboxylic acids is 2. The molecule has 5 nitrogen and oxygen atoms in total. The SMILES string of the molecule is COC(C(C(=O)O)C(C(=O)O)C(C)(C)C)C(C)(C)C. The first-order valence-electron chi connectivity index (χ1n) is 6.32. The first kappa shape index (κ1) is 17.9. The fraction of sp³-hybridized carbons (Fsp3) is 0.857. The summed E-state index contributed by atoms with van der Waals surface area (Å²) in [5, 5.41) is 18.9. The van der Waals surface area contributed by atoms with E-state index in [1.54, 1.807) is 20.8 Å². The van der Waals surface area contributed by atoms with Crippen molar-refractivity contribution in [3.8, 4) is 0 Å². The molecule has 5 heteroatoms. The summed E-state index contributed by atoms with van der Waals surface area (Å²) in [6, 6.07) is 0. The second kappa shape index (κ2) is 5.90. The van der Waals surface area contributed by atoms with Crippen LogP contribution in [0.1, 0.15) is 41.5 Å². The number of hydrogen-bond acceptors (Lipinski definition) is 3. The van der Waals surface area contributed by atoms with Crippen molar-refractivity contribution in [2.75, 3.05) is 7.11 Å². The zero-order valence-corrected chi connectivity index (χ0v) is 12.9. The minimum Gasteiger partial charge on any atom is -0.481 e. The van der Waals surface area contributed by atoms with Gasteiger partial charge in [-0.15, -0.1) is 0 Å². The van der Waals surface area contributed by atoms with Gasteiger partial charge in [0.15, 0.2) is 0 Å². The zero-order chi connectivity index (χ0) is 15.6. The van der Waals surface area contributed by atoms with E-state index in [9.17, 15) is 19.8 Å². The summed E-state index contributed by atoms with van der Waals surface area (Å²) in [6.45, 7) is 10.7. The highest BCUT2D eigenvalue weighted by Gasteiger charge is 2.49. The molecule has 0 saturated heterocycles. The Morgan fingerprint density at radius 3 is 1.47 bits per heavy atom. The molecule has 0 aromatic carbocycles. The van der Waals surface area contributed by atoms with E-state index in [2.05, 4.69) is 0 Å². The molecule has 0 heterocycles. The van der Waals surface area contributed by atoms with Crippen molar-refractivity contribution in [1.29, 1.82) is 0 Å². The quantitative estimate of drug-likeness (QED) is 0.804. The summed E-state index contributed by atoms with van der Waals surface area (Å²) in [5.74, 6) is -4.35. The molecule has 0 aliphatic carbocycles. The van der Waals surface area contributed by atoms with Gasteiger partial charge in [-0.05, 0) is 10.8 Å². The highest BCUT2D eigenvalue weighted by molar-refractivity contribution is 5.81. The van der Waals surface area contributed by atoms with Crippen LogP contribution in [0.5, 0.6) is 0 Å².